The molecule has 1 atom stereocenters. The average molecular weight is 402 g/mol. The van der Waals surface area contributed by atoms with Gasteiger partial charge in [0, 0.05) is 25.7 Å². The topological polar surface area (TPSA) is 58.6 Å². The van der Waals surface area contributed by atoms with Crippen LogP contribution >= 0.6 is 0 Å². The van der Waals surface area contributed by atoms with Gasteiger partial charge in [0.15, 0.2) is 0 Å². The summed E-state index contributed by atoms with van der Waals surface area (Å²) >= 11 is 0. The van der Waals surface area contributed by atoms with Gasteiger partial charge in [0.2, 0.25) is 5.91 Å². The van der Waals surface area contributed by atoms with Crippen LogP contribution < -0.4 is 10.1 Å². The van der Waals surface area contributed by atoms with Crippen LogP contribution in [0.5, 0.6) is 5.75 Å². The third-order valence-electron chi connectivity index (χ3n) is 4.46. The number of alkyl halides is 3. The van der Waals surface area contributed by atoms with Crippen LogP contribution in [0.2, 0.25) is 0 Å². The minimum absolute atomic E-state index is 0.0771. The molecule has 1 unspecified atom stereocenters. The predicted molar refractivity (Wildman–Crippen MR) is 94.2 cm³/mol. The number of amides is 1. The molecule has 9 heteroatoms. The lowest BCUT2D eigenvalue weighted by atomic mass is 10.1. The zero-order chi connectivity index (χ0) is 19.4. The van der Waals surface area contributed by atoms with Crippen molar-refractivity contribution in [2.75, 3.05) is 19.6 Å². The molecule has 1 aromatic carbocycles. The molecule has 0 aromatic heterocycles. The van der Waals surface area contributed by atoms with E-state index >= 15 is 0 Å². The molecule has 1 saturated carbocycles. The van der Waals surface area contributed by atoms with Gasteiger partial charge in [0.05, 0.1) is 4.90 Å². The molecular formula is C18H21F3N2O3S. The fourth-order valence-corrected chi connectivity index (χ4v) is 3.97. The Labute approximate surface area is 158 Å². The summed E-state index contributed by atoms with van der Waals surface area (Å²) in [5.74, 6) is 0.209. The van der Waals surface area contributed by atoms with E-state index in [2.05, 4.69) is 10.1 Å². The molecule has 2 fully saturated rings. The van der Waals surface area contributed by atoms with Gasteiger partial charge in [0.1, 0.15) is 16.7 Å². The molecule has 1 aliphatic heterocycles. The maximum absolute atomic E-state index is 12.6. The summed E-state index contributed by atoms with van der Waals surface area (Å²) in [4.78, 5) is 12.3. The summed E-state index contributed by atoms with van der Waals surface area (Å²) in [7, 11) is -1.46. The number of benzene rings is 1. The Hall–Kier alpha value is -1.87. The van der Waals surface area contributed by atoms with Crippen LogP contribution in [0.3, 0.4) is 0 Å². The van der Waals surface area contributed by atoms with Gasteiger partial charge in [-0.2, -0.15) is 0 Å². The fourth-order valence-electron chi connectivity index (χ4n) is 2.79. The first-order valence-corrected chi connectivity index (χ1v) is 9.91. The van der Waals surface area contributed by atoms with Crippen LogP contribution in [-0.2, 0) is 15.8 Å². The van der Waals surface area contributed by atoms with Crippen LogP contribution in [0.15, 0.2) is 40.8 Å². The number of halogens is 3. The number of nitrogens with zero attached hydrogens (tertiary/aromatic N) is 1. The quantitative estimate of drug-likeness (QED) is 0.744. The summed E-state index contributed by atoms with van der Waals surface area (Å²) in [5, 5.41) is 2.89. The Kier molecular flexibility index (Phi) is 6.21. The Morgan fingerprint density at radius 2 is 1.85 bits per heavy atom. The van der Waals surface area contributed by atoms with Crippen LogP contribution in [0, 0.1) is 5.92 Å². The van der Waals surface area contributed by atoms with Crippen molar-refractivity contribution >= 4 is 16.9 Å². The van der Waals surface area contributed by atoms with Gasteiger partial charge in [-0.05, 0) is 55.9 Å². The van der Waals surface area contributed by atoms with E-state index in [9.17, 15) is 22.2 Å². The smallest absolute Gasteiger partial charge is 0.406 e. The van der Waals surface area contributed by atoms with E-state index in [0.717, 1.165) is 24.3 Å². The van der Waals surface area contributed by atoms with E-state index < -0.39 is 17.3 Å². The van der Waals surface area contributed by atoms with Crippen LogP contribution in [-0.4, -0.2) is 40.4 Å². The lowest BCUT2D eigenvalue weighted by molar-refractivity contribution is -0.274. The molecule has 1 heterocycles. The van der Waals surface area contributed by atoms with Crippen molar-refractivity contribution in [3.8, 4) is 5.75 Å². The second-order valence-electron chi connectivity index (χ2n) is 6.69. The van der Waals surface area contributed by atoms with Gasteiger partial charge >= 0.3 is 6.36 Å². The van der Waals surface area contributed by atoms with Crippen molar-refractivity contribution in [3.63, 3.8) is 0 Å². The van der Waals surface area contributed by atoms with Crippen LogP contribution in [0.4, 0.5) is 13.2 Å². The monoisotopic (exact) mass is 402 g/mol. The summed E-state index contributed by atoms with van der Waals surface area (Å²) in [6.07, 6.45) is 0.519. The van der Waals surface area contributed by atoms with Crippen molar-refractivity contribution < 1.29 is 26.9 Å². The Morgan fingerprint density at radius 1 is 1.22 bits per heavy atom. The number of rotatable bonds is 6. The highest BCUT2D eigenvalue weighted by molar-refractivity contribution is 7.82. The van der Waals surface area contributed by atoms with Crippen LogP contribution in [0.1, 0.15) is 25.7 Å². The maximum atomic E-state index is 12.6. The second-order valence-corrected chi connectivity index (χ2v) is 8.17. The zero-order valence-electron chi connectivity index (χ0n) is 14.6. The minimum atomic E-state index is -4.75. The van der Waals surface area contributed by atoms with E-state index in [1.165, 1.54) is 25.0 Å². The molecule has 0 bridgehead atoms. The van der Waals surface area contributed by atoms with E-state index in [1.54, 1.807) is 10.4 Å². The summed E-state index contributed by atoms with van der Waals surface area (Å²) in [6, 6.07) is 5.04. The summed E-state index contributed by atoms with van der Waals surface area (Å²) in [6.45, 7) is 1.77. The number of hydrogen-bond acceptors (Lipinski definition) is 3. The third-order valence-corrected chi connectivity index (χ3v) is 5.96. The molecule has 27 heavy (non-hydrogen) atoms. The minimum Gasteiger partial charge on any atom is -0.406 e. The lowest BCUT2D eigenvalue weighted by Crippen LogP contribution is -2.33. The molecule has 1 saturated heterocycles. The van der Waals surface area contributed by atoms with E-state index in [0.29, 0.717) is 36.7 Å². The van der Waals surface area contributed by atoms with Crippen molar-refractivity contribution in [3.05, 3.63) is 35.9 Å². The highest BCUT2D eigenvalue weighted by Crippen LogP contribution is 2.28. The SMILES string of the molecule is O=C(C=C1CCN(S(=O)c2ccc(OC(F)(F)F)cc2)CC1)NCC1CC1. The Bertz CT molecular complexity index is 720. The molecule has 1 aromatic rings. The molecule has 0 spiro atoms. The molecule has 1 amide bonds. The molecule has 2 aliphatic rings. The third kappa shape index (κ3) is 6.35. The van der Waals surface area contributed by atoms with Crippen molar-refractivity contribution in [2.45, 2.75) is 36.9 Å². The maximum Gasteiger partial charge on any atom is 0.573 e. The van der Waals surface area contributed by atoms with Crippen molar-refractivity contribution in [1.29, 1.82) is 0 Å². The molecule has 1 aliphatic carbocycles. The normalized spacial score (nSPS) is 19.4. The molecule has 0 radical (unpaired) electrons. The largest absolute Gasteiger partial charge is 0.573 e. The Morgan fingerprint density at radius 3 is 2.41 bits per heavy atom. The van der Waals surface area contributed by atoms with Gasteiger partial charge in [-0.1, -0.05) is 5.57 Å². The zero-order valence-corrected chi connectivity index (χ0v) is 15.4. The van der Waals surface area contributed by atoms with E-state index in [-0.39, 0.29) is 11.7 Å². The number of hydrogen-bond donors (Lipinski definition) is 1. The predicted octanol–water partition coefficient (Wildman–Crippen LogP) is 3.16. The first-order valence-electron chi connectivity index (χ1n) is 8.80. The number of ether oxygens (including phenoxy) is 1. The standard InChI is InChI=1S/C18H21F3N2O3S/c19-18(20,21)26-15-3-5-16(6-4-15)27(25)23-9-7-13(8-10-23)11-17(24)22-12-14-1-2-14/h3-6,11,14H,1-2,7-10,12H2,(H,22,24). The number of nitrogens with one attached hydrogen (secondary N) is 1. The number of carbonyl (C=O) groups excluding carboxylic acids is 1. The van der Waals surface area contributed by atoms with Gasteiger partial charge in [0.25, 0.3) is 0 Å². The highest BCUT2D eigenvalue weighted by atomic mass is 32.2. The number of carbonyl (C=O) groups is 1. The molecule has 148 valence electrons. The molecular weight excluding hydrogens is 381 g/mol. The summed E-state index contributed by atoms with van der Waals surface area (Å²) in [5.41, 5.74) is 1.02. The summed E-state index contributed by atoms with van der Waals surface area (Å²) < 4.78 is 54.7. The van der Waals surface area contributed by atoms with Gasteiger partial charge < -0.3 is 10.1 Å². The van der Waals surface area contributed by atoms with Gasteiger partial charge in [-0.15, -0.1) is 13.2 Å². The van der Waals surface area contributed by atoms with E-state index in [4.69, 9.17) is 0 Å². The first-order chi connectivity index (χ1) is 12.8. The second kappa shape index (κ2) is 8.43. The van der Waals surface area contributed by atoms with Gasteiger partial charge in [-0.25, -0.2) is 8.51 Å². The van der Waals surface area contributed by atoms with E-state index in [1.807, 2.05) is 0 Å². The first kappa shape index (κ1) is 19.9. The molecule has 3 rings (SSSR count). The highest BCUT2D eigenvalue weighted by Gasteiger charge is 2.31. The van der Waals surface area contributed by atoms with Crippen molar-refractivity contribution in [2.24, 2.45) is 5.92 Å². The lowest BCUT2D eigenvalue weighted by Gasteiger charge is -2.27. The Balaban J connectivity index is 1.49. The van der Waals surface area contributed by atoms with Crippen molar-refractivity contribution in [1.82, 2.24) is 9.62 Å². The number of piperidine rings is 1. The average Bonchev–Trinajstić information content (AvgIpc) is 3.44. The fraction of sp³-hybridized carbons (Fsp3) is 0.500. The van der Waals surface area contributed by atoms with Gasteiger partial charge in [-0.3, -0.25) is 4.79 Å². The van der Waals surface area contributed by atoms with Crippen LogP contribution in [0.25, 0.3) is 0 Å². The molecule has 5 nitrogen and oxygen atoms in total. The molecule has 1 N–H and O–H groups in total.